The van der Waals surface area contributed by atoms with Gasteiger partial charge in [0.15, 0.2) is 11.9 Å². The minimum atomic E-state index is -0.608. The second-order valence-electron chi connectivity index (χ2n) is 4.34. The van der Waals surface area contributed by atoms with Crippen LogP contribution in [0.5, 0.6) is 0 Å². The fourth-order valence-corrected chi connectivity index (χ4v) is 2.06. The maximum atomic E-state index is 11.8. The lowest BCUT2D eigenvalue weighted by atomic mass is 9.96. The van der Waals surface area contributed by atoms with Crippen molar-refractivity contribution in [2.75, 3.05) is 5.73 Å². The minimum Gasteiger partial charge on any atom is -0.451 e. The highest BCUT2D eigenvalue weighted by molar-refractivity contribution is 6.33. The van der Waals surface area contributed by atoms with Crippen molar-refractivity contribution < 1.29 is 14.3 Å². The zero-order chi connectivity index (χ0) is 13.1. The van der Waals surface area contributed by atoms with Gasteiger partial charge in [-0.15, -0.1) is 0 Å². The van der Waals surface area contributed by atoms with Gasteiger partial charge in [-0.1, -0.05) is 11.6 Å². The summed E-state index contributed by atoms with van der Waals surface area (Å²) in [7, 11) is 0. The Morgan fingerprint density at radius 1 is 1.39 bits per heavy atom. The van der Waals surface area contributed by atoms with Crippen molar-refractivity contribution in [3.8, 4) is 0 Å². The molecule has 0 saturated heterocycles. The average Bonchev–Trinajstić information content (AvgIpc) is 2.35. The summed E-state index contributed by atoms with van der Waals surface area (Å²) >= 11 is 5.77. The van der Waals surface area contributed by atoms with Crippen molar-refractivity contribution in [2.24, 2.45) is 0 Å². The number of carbonyl (C=O) groups excluding carboxylic acids is 2. The molecule has 0 aromatic heterocycles. The molecule has 0 radical (unpaired) electrons. The van der Waals surface area contributed by atoms with Crippen molar-refractivity contribution in [3.05, 3.63) is 28.8 Å². The van der Waals surface area contributed by atoms with E-state index in [9.17, 15) is 9.59 Å². The van der Waals surface area contributed by atoms with Crippen LogP contribution in [-0.4, -0.2) is 17.9 Å². The zero-order valence-electron chi connectivity index (χ0n) is 9.82. The first kappa shape index (κ1) is 12.9. The second kappa shape index (κ2) is 5.40. The van der Waals surface area contributed by atoms with Gasteiger partial charge in [-0.2, -0.15) is 0 Å². The molecule has 1 aromatic rings. The Bertz CT molecular complexity index is 487. The number of nitrogen functional groups attached to an aromatic ring is 1. The fraction of sp³-hybridized carbons (Fsp3) is 0.385. The van der Waals surface area contributed by atoms with Gasteiger partial charge < -0.3 is 10.5 Å². The van der Waals surface area contributed by atoms with E-state index in [-0.39, 0.29) is 5.78 Å². The summed E-state index contributed by atoms with van der Waals surface area (Å²) in [4.78, 5) is 23.4. The van der Waals surface area contributed by atoms with Crippen LogP contribution in [0.15, 0.2) is 18.2 Å². The van der Waals surface area contributed by atoms with E-state index >= 15 is 0 Å². The summed E-state index contributed by atoms with van der Waals surface area (Å²) < 4.78 is 5.20. The van der Waals surface area contributed by atoms with Gasteiger partial charge in [-0.25, -0.2) is 4.79 Å². The summed E-state index contributed by atoms with van der Waals surface area (Å²) in [6.07, 6.45) is 2.27. The van der Waals surface area contributed by atoms with Crippen LogP contribution >= 0.6 is 11.6 Å². The standard InChI is InChI=1S/C13H14ClNO3/c14-9-6-5-8(7-10(9)15)13(17)18-12-4-2-1-3-11(12)16/h5-7,12H,1-4,15H2/t12-/m1/s1. The van der Waals surface area contributed by atoms with Gasteiger partial charge in [0.05, 0.1) is 16.3 Å². The van der Waals surface area contributed by atoms with Crippen LogP contribution in [0, 0.1) is 0 Å². The van der Waals surface area contributed by atoms with Crippen LogP contribution < -0.4 is 5.73 Å². The number of esters is 1. The SMILES string of the molecule is Nc1cc(C(=O)O[C@@H]2CCCCC2=O)ccc1Cl. The van der Waals surface area contributed by atoms with E-state index in [0.717, 1.165) is 12.8 Å². The van der Waals surface area contributed by atoms with Crippen LogP contribution in [0.2, 0.25) is 5.02 Å². The number of hydrogen-bond donors (Lipinski definition) is 1. The molecule has 1 fully saturated rings. The molecule has 1 aliphatic rings. The summed E-state index contributed by atoms with van der Waals surface area (Å²) in [5.74, 6) is -0.532. The molecule has 0 bridgehead atoms. The molecule has 0 aliphatic heterocycles. The molecule has 1 aliphatic carbocycles. The molecule has 0 unspecified atom stereocenters. The molecule has 2 rings (SSSR count). The molecule has 18 heavy (non-hydrogen) atoms. The molecule has 5 heteroatoms. The van der Waals surface area contributed by atoms with Crippen molar-refractivity contribution in [2.45, 2.75) is 31.8 Å². The van der Waals surface area contributed by atoms with E-state index in [1.54, 1.807) is 0 Å². The molecule has 0 spiro atoms. The predicted molar refractivity (Wildman–Crippen MR) is 68.5 cm³/mol. The Hall–Kier alpha value is -1.55. The smallest absolute Gasteiger partial charge is 0.338 e. The molecule has 0 amide bonds. The normalized spacial score (nSPS) is 19.6. The number of rotatable bonds is 2. The number of Topliss-reactive ketones (excluding diaryl/α,β-unsaturated/α-hetero) is 1. The van der Waals surface area contributed by atoms with E-state index in [1.165, 1.54) is 18.2 Å². The quantitative estimate of drug-likeness (QED) is 0.660. The Kier molecular flexibility index (Phi) is 3.87. The Morgan fingerprint density at radius 2 is 2.17 bits per heavy atom. The monoisotopic (exact) mass is 267 g/mol. The summed E-state index contributed by atoms with van der Waals surface area (Å²) in [6, 6.07) is 4.53. The maximum absolute atomic E-state index is 11.8. The predicted octanol–water partition coefficient (Wildman–Crippen LogP) is 2.59. The fourth-order valence-electron chi connectivity index (χ4n) is 1.94. The summed E-state index contributed by atoms with van der Waals surface area (Å²) in [5, 5.41) is 0.389. The van der Waals surface area contributed by atoms with Gasteiger partial charge in [0.2, 0.25) is 0 Å². The van der Waals surface area contributed by atoms with Crippen molar-refractivity contribution in [1.82, 2.24) is 0 Å². The van der Waals surface area contributed by atoms with Gasteiger partial charge in [0.25, 0.3) is 0 Å². The van der Waals surface area contributed by atoms with Gasteiger partial charge in [-0.05, 0) is 37.5 Å². The molecule has 96 valence electrons. The first-order valence-electron chi connectivity index (χ1n) is 5.86. The highest BCUT2D eigenvalue weighted by Crippen LogP contribution is 2.22. The van der Waals surface area contributed by atoms with Gasteiger partial charge >= 0.3 is 5.97 Å². The number of nitrogens with two attached hydrogens (primary N) is 1. The Labute approximate surface area is 110 Å². The molecule has 1 saturated carbocycles. The lowest BCUT2D eigenvalue weighted by Gasteiger charge is -2.20. The Morgan fingerprint density at radius 3 is 2.83 bits per heavy atom. The number of ketones is 1. The molecule has 0 heterocycles. The molecule has 1 aromatic carbocycles. The zero-order valence-corrected chi connectivity index (χ0v) is 10.6. The molecular weight excluding hydrogens is 254 g/mol. The number of halogens is 1. The van der Waals surface area contributed by atoms with E-state index in [1.807, 2.05) is 0 Å². The second-order valence-corrected chi connectivity index (χ2v) is 4.75. The van der Waals surface area contributed by atoms with E-state index in [0.29, 0.717) is 29.1 Å². The molecular formula is C13H14ClNO3. The number of carbonyl (C=O) groups is 2. The minimum absolute atomic E-state index is 0.00321. The van der Waals surface area contributed by atoms with Gasteiger partial charge in [0.1, 0.15) is 0 Å². The van der Waals surface area contributed by atoms with E-state index in [2.05, 4.69) is 0 Å². The number of benzene rings is 1. The van der Waals surface area contributed by atoms with Crippen molar-refractivity contribution in [3.63, 3.8) is 0 Å². The first-order valence-corrected chi connectivity index (χ1v) is 6.24. The van der Waals surface area contributed by atoms with Crippen LogP contribution in [-0.2, 0) is 9.53 Å². The summed E-state index contributed by atoms with van der Waals surface area (Å²) in [6.45, 7) is 0. The average molecular weight is 268 g/mol. The van der Waals surface area contributed by atoms with Crippen molar-refractivity contribution in [1.29, 1.82) is 0 Å². The third-order valence-corrected chi connectivity index (χ3v) is 3.32. The number of ether oxygens (including phenoxy) is 1. The lowest BCUT2D eigenvalue weighted by molar-refractivity contribution is -0.129. The topological polar surface area (TPSA) is 69.4 Å². The Balaban J connectivity index is 2.07. The molecule has 2 N–H and O–H groups in total. The van der Waals surface area contributed by atoms with E-state index in [4.69, 9.17) is 22.1 Å². The highest BCUT2D eigenvalue weighted by atomic mass is 35.5. The molecule has 1 atom stereocenters. The van der Waals surface area contributed by atoms with Crippen LogP contribution in [0.3, 0.4) is 0 Å². The molecule has 4 nitrogen and oxygen atoms in total. The van der Waals surface area contributed by atoms with Crippen LogP contribution in [0.4, 0.5) is 5.69 Å². The van der Waals surface area contributed by atoms with E-state index < -0.39 is 12.1 Å². The van der Waals surface area contributed by atoms with Crippen LogP contribution in [0.1, 0.15) is 36.0 Å². The third-order valence-electron chi connectivity index (χ3n) is 2.98. The number of hydrogen-bond acceptors (Lipinski definition) is 4. The largest absolute Gasteiger partial charge is 0.451 e. The summed E-state index contributed by atoms with van der Waals surface area (Å²) in [5.41, 5.74) is 6.25. The van der Waals surface area contributed by atoms with Gasteiger partial charge in [0, 0.05) is 6.42 Å². The van der Waals surface area contributed by atoms with Gasteiger partial charge in [-0.3, -0.25) is 4.79 Å². The highest BCUT2D eigenvalue weighted by Gasteiger charge is 2.26. The maximum Gasteiger partial charge on any atom is 0.338 e. The number of anilines is 1. The van der Waals surface area contributed by atoms with Crippen molar-refractivity contribution >= 4 is 29.0 Å². The van der Waals surface area contributed by atoms with Crippen LogP contribution in [0.25, 0.3) is 0 Å². The lowest BCUT2D eigenvalue weighted by Crippen LogP contribution is -2.30. The third kappa shape index (κ3) is 2.82. The first-order chi connectivity index (χ1) is 8.58.